The molecule has 0 radical (unpaired) electrons. The van der Waals surface area contributed by atoms with Gasteiger partial charge in [-0.3, -0.25) is 0 Å². The average Bonchev–Trinajstić information content (AvgIpc) is 2.48. The second kappa shape index (κ2) is 6.63. The summed E-state index contributed by atoms with van der Waals surface area (Å²) in [6.07, 6.45) is 0. The van der Waals surface area contributed by atoms with Crippen molar-refractivity contribution in [2.75, 3.05) is 24.8 Å². The van der Waals surface area contributed by atoms with Crippen LogP contribution in [0.3, 0.4) is 0 Å². The van der Waals surface area contributed by atoms with E-state index in [4.69, 9.17) is 10.5 Å². The van der Waals surface area contributed by atoms with Crippen LogP contribution >= 0.6 is 15.9 Å². The van der Waals surface area contributed by atoms with Crippen LogP contribution in [-0.2, 0) is 11.3 Å². The number of nitrogens with two attached hydrogens (primary N) is 1. The summed E-state index contributed by atoms with van der Waals surface area (Å²) in [5, 5.41) is 0. The predicted molar refractivity (Wildman–Crippen MR) is 88.4 cm³/mol. The summed E-state index contributed by atoms with van der Waals surface area (Å²) >= 11 is 3.42. The Labute approximate surface area is 132 Å². The summed E-state index contributed by atoms with van der Waals surface area (Å²) in [5.41, 5.74) is 8.70. The van der Waals surface area contributed by atoms with Gasteiger partial charge in [0, 0.05) is 23.8 Å². The molecule has 0 aliphatic heterocycles. The van der Waals surface area contributed by atoms with E-state index < -0.39 is 0 Å². The Balaban J connectivity index is 2.28. The molecule has 5 heteroatoms. The van der Waals surface area contributed by atoms with E-state index >= 15 is 0 Å². The molecule has 110 valence electrons. The van der Waals surface area contributed by atoms with Crippen LogP contribution in [0.1, 0.15) is 15.9 Å². The lowest BCUT2D eigenvalue weighted by Gasteiger charge is -2.22. The van der Waals surface area contributed by atoms with E-state index in [0.717, 1.165) is 15.7 Å². The fourth-order valence-electron chi connectivity index (χ4n) is 2.11. The highest BCUT2D eigenvalue weighted by Crippen LogP contribution is 2.24. The molecule has 21 heavy (non-hydrogen) atoms. The van der Waals surface area contributed by atoms with E-state index in [9.17, 15) is 4.79 Å². The molecule has 0 atom stereocenters. The highest BCUT2D eigenvalue weighted by molar-refractivity contribution is 9.10. The quantitative estimate of drug-likeness (QED) is 0.679. The number of rotatable bonds is 4. The number of nitrogens with zero attached hydrogens (tertiary/aromatic N) is 1. The van der Waals surface area contributed by atoms with Gasteiger partial charge in [0.1, 0.15) is 0 Å². The van der Waals surface area contributed by atoms with Crippen molar-refractivity contribution in [1.29, 1.82) is 0 Å². The highest BCUT2D eigenvalue weighted by Gasteiger charge is 2.15. The van der Waals surface area contributed by atoms with Gasteiger partial charge in [-0.15, -0.1) is 0 Å². The molecule has 0 saturated heterocycles. The minimum absolute atomic E-state index is 0.389. The van der Waals surface area contributed by atoms with Gasteiger partial charge >= 0.3 is 5.97 Å². The smallest absolute Gasteiger partial charge is 0.340 e. The van der Waals surface area contributed by atoms with Crippen LogP contribution in [0.5, 0.6) is 0 Å². The Morgan fingerprint density at radius 1 is 1.24 bits per heavy atom. The third-order valence-electron chi connectivity index (χ3n) is 3.17. The largest absolute Gasteiger partial charge is 0.465 e. The topological polar surface area (TPSA) is 55.6 Å². The van der Waals surface area contributed by atoms with Gasteiger partial charge in [-0.05, 0) is 35.9 Å². The second-order valence-electron chi connectivity index (χ2n) is 4.75. The average molecular weight is 349 g/mol. The van der Waals surface area contributed by atoms with Crippen LogP contribution in [0.15, 0.2) is 46.9 Å². The Morgan fingerprint density at radius 3 is 2.52 bits per heavy atom. The molecule has 0 spiro atoms. The lowest BCUT2D eigenvalue weighted by atomic mass is 10.1. The van der Waals surface area contributed by atoms with Crippen LogP contribution in [-0.4, -0.2) is 20.1 Å². The number of esters is 1. The normalized spacial score (nSPS) is 10.2. The van der Waals surface area contributed by atoms with Crippen molar-refractivity contribution in [3.05, 3.63) is 58.1 Å². The van der Waals surface area contributed by atoms with Crippen molar-refractivity contribution in [1.82, 2.24) is 0 Å². The lowest BCUT2D eigenvalue weighted by molar-refractivity contribution is 0.0601. The zero-order chi connectivity index (χ0) is 15.4. The fourth-order valence-corrected chi connectivity index (χ4v) is 2.37. The lowest BCUT2D eigenvalue weighted by Crippen LogP contribution is -2.20. The maximum atomic E-state index is 11.9. The molecule has 0 saturated carbocycles. The Bertz CT molecular complexity index is 641. The van der Waals surface area contributed by atoms with Gasteiger partial charge in [0.05, 0.1) is 18.4 Å². The van der Waals surface area contributed by atoms with E-state index in [2.05, 4.69) is 15.9 Å². The minimum atomic E-state index is -0.389. The van der Waals surface area contributed by atoms with Gasteiger partial charge in [-0.1, -0.05) is 28.1 Å². The third kappa shape index (κ3) is 3.76. The Hall–Kier alpha value is -2.01. The number of nitrogen functional groups attached to an aromatic ring is 1. The molecule has 0 unspecified atom stereocenters. The summed E-state index contributed by atoms with van der Waals surface area (Å²) < 4.78 is 5.86. The van der Waals surface area contributed by atoms with Gasteiger partial charge in [0.15, 0.2) is 0 Å². The van der Waals surface area contributed by atoms with E-state index in [0.29, 0.717) is 17.8 Å². The van der Waals surface area contributed by atoms with Crippen molar-refractivity contribution in [2.24, 2.45) is 0 Å². The summed E-state index contributed by atoms with van der Waals surface area (Å²) in [5.74, 6) is -0.389. The second-order valence-corrected chi connectivity index (χ2v) is 5.67. The molecule has 0 aliphatic carbocycles. The Morgan fingerprint density at radius 2 is 1.90 bits per heavy atom. The van der Waals surface area contributed by atoms with Crippen LogP contribution in [0.2, 0.25) is 0 Å². The molecule has 2 N–H and O–H groups in total. The number of halogens is 1. The highest BCUT2D eigenvalue weighted by atomic mass is 79.9. The van der Waals surface area contributed by atoms with E-state index in [1.807, 2.05) is 42.3 Å². The van der Waals surface area contributed by atoms with Gasteiger partial charge < -0.3 is 15.4 Å². The zero-order valence-corrected chi connectivity index (χ0v) is 13.6. The van der Waals surface area contributed by atoms with Gasteiger partial charge in [-0.25, -0.2) is 4.79 Å². The van der Waals surface area contributed by atoms with Crippen molar-refractivity contribution < 1.29 is 9.53 Å². The molecule has 0 aromatic heterocycles. The SMILES string of the molecule is COC(=O)c1cc(N)ccc1N(C)Cc1ccc(Br)cc1. The maximum absolute atomic E-state index is 11.9. The molecule has 2 aromatic rings. The van der Waals surface area contributed by atoms with E-state index in [1.54, 1.807) is 12.1 Å². The first kappa shape index (κ1) is 15.4. The zero-order valence-electron chi connectivity index (χ0n) is 12.0. The molecule has 0 bridgehead atoms. The van der Waals surface area contributed by atoms with Crippen molar-refractivity contribution in [3.63, 3.8) is 0 Å². The van der Waals surface area contributed by atoms with Crippen molar-refractivity contribution in [2.45, 2.75) is 6.54 Å². The molecule has 0 aliphatic rings. The number of carbonyl (C=O) groups excluding carboxylic acids is 1. The van der Waals surface area contributed by atoms with Gasteiger partial charge in [0.25, 0.3) is 0 Å². The molecule has 0 amide bonds. The molecule has 2 rings (SSSR count). The first-order valence-corrected chi connectivity index (χ1v) is 7.24. The third-order valence-corrected chi connectivity index (χ3v) is 3.70. The number of hydrogen-bond acceptors (Lipinski definition) is 4. The van der Waals surface area contributed by atoms with Gasteiger partial charge in [0.2, 0.25) is 0 Å². The number of ether oxygens (including phenoxy) is 1. The molecule has 0 heterocycles. The summed E-state index contributed by atoms with van der Waals surface area (Å²) in [4.78, 5) is 13.9. The standard InChI is InChI=1S/C16H17BrN2O2/c1-19(10-11-3-5-12(17)6-4-11)15-8-7-13(18)9-14(15)16(20)21-2/h3-9H,10,18H2,1-2H3. The summed E-state index contributed by atoms with van der Waals surface area (Å²) in [6.45, 7) is 0.682. The summed E-state index contributed by atoms with van der Waals surface area (Å²) in [7, 11) is 3.30. The van der Waals surface area contributed by atoms with E-state index in [1.165, 1.54) is 7.11 Å². The number of carbonyl (C=O) groups is 1. The first-order chi connectivity index (χ1) is 10.0. The van der Waals surface area contributed by atoms with Crippen molar-refractivity contribution >= 4 is 33.3 Å². The molecule has 2 aromatic carbocycles. The fraction of sp³-hybridized carbons (Fsp3) is 0.188. The monoisotopic (exact) mass is 348 g/mol. The van der Waals surface area contributed by atoms with Crippen LogP contribution in [0, 0.1) is 0 Å². The Kier molecular flexibility index (Phi) is 4.85. The van der Waals surface area contributed by atoms with Crippen LogP contribution < -0.4 is 10.6 Å². The maximum Gasteiger partial charge on any atom is 0.340 e. The number of benzene rings is 2. The van der Waals surface area contributed by atoms with Gasteiger partial charge in [-0.2, -0.15) is 0 Å². The summed E-state index contributed by atoms with van der Waals surface area (Å²) in [6, 6.07) is 13.3. The van der Waals surface area contributed by atoms with Crippen LogP contribution in [0.4, 0.5) is 11.4 Å². The number of methoxy groups -OCH3 is 1. The molecule has 0 fully saturated rings. The number of hydrogen-bond donors (Lipinski definition) is 1. The molecule has 4 nitrogen and oxygen atoms in total. The molecular weight excluding hydrogens is 332 g/mol. The predicted octanol–water partition coefficient (Wildman–Crippen LogP) is 3.45. The van der Waals surface area contributed by atoms with Crippen molar-refractivity contribution in [3.8, 4) is 0 Å². The van der Waals surface area contributed by atoms with Crippen LogP contribution in [0.25, 0.3) is 0 Å². The first-order valence-electron chi connectivity index (χ1n) is 6.44. The molecular formula is C16H17BrN2O2. The van der Waals surface area contributed by atoms with E-state index in [-0.39, 0.29) is 5.97 Å². The minimum Gasteiger partial charge on any atom is -0.465 e. The number of anilines is 2.